The zero-order valence-electron chi connectivity index (χ0n) is 14.2. The summed E-state index contributed by atoms with van der Waals surface area (Å²) in [6.45, 7) is 3.86. The van der Waals surface area contributed by atoms with E-state index < -0.39 is 15.8 Å². The van der Waals surface area contributed by atoms with E-state index in [-0.39, 0.29) is 30.3 Å². The van der Waals surface area contributed by atoms with Crippen LogP contribution in [0.3, 0.4) is 0 Å². The van der Waals surface area contributed by atoms with Gasteiger partial charge in [0.2, 0.25) is 15.9 Å². The first kappa shape index (κ1) is 19.1. The molecular weight excluding hydrogens is 343 g/mol. The smallest absolute Gasteiger partial charge is 0.240 e. The Hall–Kier alpha value is -2.25. The third-order valence-corrected chi connectivity index (χ3v) is 5.23. The highest BCUT2D eigenvalue weighted by atomic mass is 32.2. The Morgan fingerprint density at radius 1 is 1.08 bits per heavy atom. The number of hydrogen-bond acceptors (Lipinski definition) is 3. The average Bonchev–Trinajstić information content (AvgIpc) is 2.51. The molecule has 134 valence electrons. The largest absolute Gasteiger partial charge is 0.355 e. The lowest BCUT2D eigenvalue weighted by Gasteiger charge is -2.10. The molecule has 2 aromatic rings. The number of carbonyl (C=O) groups is 1. The maximum Gasteiger partial charge on any atom is 0.240 e. The summed E-state index contributed by atoms with van der Waals surface area (Å²) in [4.78, 5) is 12.0. The molecule has 0 heterocycles. The van der Waals surface area contributed by atoms with Gasteiger partial charge in [0, 0.05) is 13.1 Å². The number of benzene rings is 2. The van der Waals surface area contributed by atoms with Crippen LogP contribution in [0.5, 0.6) is 0 Å². The summed E-state index contributed by atoms with van der Waals surface area (Å²) in [6, 6.07) is 10.9. The standard InChI is InChI=1S/C18H21FN2O3S/c1-13-6-7-17(14(2)10-13)25(23,24)21-9-8-20-18(22)12-15-4-3-5-16(19)11-15/h3-7,10-11,21H,8-9,12H2,1-2H3,(H,20,22). The second kappa shape index (κ2) is 8.22. The zero-order chi connectivity index (χ0) is 18.4. The van der Waals surface area contributed by atoms with Gasteiger partial charge in [-0.05, 0) is 43.2 Å². The molecule has 0 unspecified atom stereocenters. The summed E-state index contributed by atoms with van der Waals surface area (Å²) >= 11 is 0. The third kappa shape index (κ3) is 5.65. The van der Waals surface area contributed by atoms with Crippen LogP contribution in [0.4, 0.5) is 4.39 Å². The number of amides is 1. The Kier molecular flexibility index (Phi) is 6.27. The van der Waals surface area contributed by atoms with Crippen LogP contribution in [-0.2, 0) is 21.2 Å². The number of hydrogen-bond donors (Lipinski definition) is 2. The van der Waals surface area contributed by atoms with Gasteiger partial charge in [-0.2, -0.15) is 0 Å². The van der Waals surface area contributed by atoms with Crippen LogP contribution in [0.25, 0.3) is 0 Å². The lowest BCUT2D eigenvalue weighted by Crippen LogP contribution is -2.35. The van der Waals surface area contributed by atoms with E-state index in [1.165, 1.54) is 18.2 Å². The molecule has 0 aliphatic heterocycles. The lowest BCUT2D eigenvalue weighted by molar-refractivity contribution is -0.120. The summed E-state index contributed by atoms with van der Waals surface area (Å²) in [5.74, 6) is -0.692. The van der Waals surface area contributed by atoms with Crippen LogP contribution in [0.15, 0.2) is 47.4 Å². The highest BCUT2D eigenvalue weighted by Gasteiger charge is 2.16. The predicted molar refractivity (Wildman–Crippen MR) is 94.2 cm³/mol. The maximum atomic E-state index is 13.1. The van der Waals surface area contributed by atoms with Crippen LogP contribution in [0.1, 0.15) is 16.7 Å². The van der Waals surface area contributed by atoms with Gasteiger partial charge in [0.15, 0.2) is 0 Å². The van der Waals surface area contributed by atoms with Crippen LogP contribution >= 0.6 is 0 Å². The minimum Gasteiger partial charge on any atom is -0.355 e. The summed E-state index contributed by atoms with van der Waals surface area (Å²) in [7, 11) is -3.62. The molecule has 0 saturated heterocycles. The first-order valence-electron chi connectivity index (χ1n) is 7.86. The van der Waals surface area contributed by atoms with Crippen molar-refractivity contribution < 1.29 is 17.6 Å². The molecule has 2 N–H and O–H groups in total. The number of aryl methyl sites for hydroxylation is 2. The molecule has 0 fully saturated rings. The van der Waals surface area contributed by atoms with Crippen molar-refractivity contribution in [3.8, 4) is 0 Å². The van der Waals surface area contributed by atoms with E-state index in [0.717, 1.165) is 5.56 Å². The summed E-state index contributed by atoms with van der Waals surface area (Å²) in [5, 5.41) is 2.61. The molecule has 0 bridgehead atoms. The number of nitrogens with one attached hydrogen (secondary N) is 2. The van der Waals surface area contributed by atoms with Crippen molar-refractivity contribution in [1.29, 1.82) is 0 Å². The molecule has 0 atom stereocenters. The van der Waals surface area contributed by atoms with Crippen molar-refractivity contribution >= 4 is 15.9 Å². The summed E-state index contributed by atoms with van der Waals surface area (Å²) in [6.07, 6.45) is 0.0432. The fourth-order valence-electron chi connectivity index (χ4n) is 2.46. The van der Waals surface area contributed by atoms with E-state index in [1.807, 2.05) is 6.92 Å². The van der Waals surface area contributed by atoms with Gasteiger partial charge in [-0.3, -0.25) is 4.79 Å². The molecule has 0 aliphatic carbocycles. The molecule has 0 spiro atoms. The molecule has 25 heavy (non-hydrogen) atoms. The topological polar surface area (TPSA) is 75.3 Å². The third-order valence-electron chi connectivity index (χ3n) is 3.61. The van der Waals surface area contributed by atoms with Gasteiger partial charge >= 0.3 is 0 Å². The Balaban J connectivity index is 1.82. The fourth-order valence-corrected chi connectivity index (χ4v) is 3.72. The predicted octanol–water partition coefficient (Wildman–Crippen LogP) is 2.08. The molecule has 7 heteroatoms. The first-order chi connectivity index (χ1) is 11.8. The van der Waals surface area contributed by atoms with E-state index in [9.17, 15) is 17.6 Å². The Morgan fingerprint density at radius 3 is 2.52 bits per heavy atom. The molecule has 0 aliphatic rings. The molecule has 2 aromatic carbocycles. The van der Waals surface area contributed by atoms with Gasteiger partial charge in [0.1, 0.15) is 5.82 Å². The molecule has 0 aromatic heterocycles. The monoisotopic (exact) mass is 364 g/mol. The first-order valence-corrected chi connectivity index (χ1v) is 9.34. The minimum absolute atomic E-state index is 0.0432. The van der Waals surface area contributed by atoms with Crippen LogP contribution in [0, 0.1) is 19.7 Å². The molecule has 0 saturated carbocycles. The normalized spacial score (nSPS) is 11.3. The van der Waals surface area contributed by atoms with E-state index in [0.29, 0.717) is 11.1 Å². The van der Waals surface area contributed by atoms with Crippen LogP contribution in [0.2, 0.25) is 0 Å². The second-order valence-electron chi connectivity index (χ2n) is 5.82. The Labute approximate surface area is 147 Å². The fraction of sp³-hybridized carbons (Fsp3) is 0.278. The molecule has 1 amide bonds. The number of carbonyl (C=O) groups excluding carboxylic acids is 1. The van der Waals surface area contributed by atoms with Gasteiger partial charge < -0.3 is 5.32 Å². The quantitative estimate of drug-likeness (QED) is 0.739. The van der Waals surface area contributed by atoms with Crippen LogP contribution in [-0.4, -0.2) is 27.4 Å². The van der Waals surface area contributed by atoms with E-state index in [1.54, 1.807) is 31.2 Å². The van der Waals surface area contributed by atoms with Crippen molar-refractivity contribution in [3.05, 3.63) is 65.0 Å². The van der Waals surface area contributed by atoms with Gasteiger partial charge in [-0.1, -0.05) is 29.8 Å². The van der Waals surface area contributed by atoms with Gasteiger partial charge in [0.05, 0.1) is 11.3 Å². The number of rotatable bonds is 7. The van der Waals surface area contributed by atoms with Crippen LogP contribution < -0.4 is 10.0 Å². The summed E-state index contributed by atoms with van der Waals surface area (Å²) < 4.78 is 40.1. The van der Waals surface area contributed by atoms with E-state index >= 15 is 0 Å². The Bertz CT molecular complexity index is 866. The number of sulfonamides is 1. The molecule has 0 radical (unpaired) electrons. The molecule has 2 rings (SSSR count). The number of halogens is 1. The van der Waals surface area contributed by atoms with Crippen molar-refractivity contribution in [1.82, 2.24) is 10.0 Å². The van der Waals surface area contributed by atoms with E-state index in [4.69, 9.17) is 0 Å². The zero-order valence-corrected chi connectivity index (χ0v) is 15.0. The highest BCUT2D eigenvalue weighted by molar-refractivity contribution is 7.89. The second-order valence-corrected chi connectivity index (χ2v) is 7.56. The van der Waals surface area contributed by atoms with Gasteiger partial charge in [-0.25, -0.2) is 17.5 Å². The summed E-state index contributed by atoms with van der Waals surface area (Å²) in [5.41, 5.74) is 2.22. The highest BCUT2D eigenvalue weighted by Crippen LogP contribution is 2.15. The lowest BCUT2D eigenvalue weighted by atomic mass is 10.1. The maximum absolute atomic E-state index is 13.1. The Morgan fingerprint density at radius 2 is 1.84 bits per heavy atom. The van der Waals surface area contributed by atoms with Gasteiger partial charge in [-0.15, -0.1) is 0 Å². The molecule has 5 nitrogen and oxygen atoms in total. The van der Waals surface area contributed by atoms with Crippen molar-refractivity contribution in [2.45, 2.75) is 25.2 Å². The van der Waals surface area contributed by atoms with Crippen molar-refractivity contribution in [2.75, 3.05) is 13.1 Å². The average molecular weight is 364 g/mol. The SMILES string of the molecule is Cc1ccc(S(=O)(=O)NCCNC(=O)Cc2cccc(F)c2)c(C)c1. The molecular formula is C18H21FN2O3S. The van der Waals surface area contributed by atoms with E-state index in [2.05, 4.69) is 10.0 Å². The van der Waals surface area contributed by atoms with Gasteiger partial charge in [0.25, 0.3) is 0 Å². The van der Waals surface area contributed by atoms with Crippen molar-refractivity contribution in [3.63, 3.8) is 0 Å². The van der Waals surface area contributed by atoms with Crippen molar-refractivity contribution in [2.24, 2.45) is 0 Å². The minimum atomic E-state index is -3.62.